The van der Waals surface area contributed by atoms with Gasteiger partial charge in [-0.3, -0.25) is 0 Å². The lowest BCUT2D eigenvalue weighted by atomic mass is 10.0. The van der Waals surface area contributed by atoms with Gasteiger partial charge in [-0.25, -0.2) is 0 Å². The maximum Gasteiger partial charge on any atom is 0.0911 e. The first kappa shape index (κ1) is 20.7. The van der Waals surface area contributed by atoms with Gasteiger partial charge in [-0.2, -0.15) is 0 Å². The Morgan fingerprint density at radius 3 is 1.33 bits per heavy atom. The Hall–Kier alpha value is -0.300. The number of nitrogens with zero attached hydrogens (tertiary/aromatic N) is 1. The quantitative estimate of drug-likeness (QED) is 0.233. The number of allylic oxidation sites excluding steroid dienone is 1. The molecule has 0 spiro atoms. The van der Waals surface area contributed by atoms with Crippen molar-refractivity contribution in [1.82, 2.24) is 0 Å². The van der Waals surface area contributed by atoms with Crippen molar-refractivity contribution in [2.45, 2.75) is 96.8 Å². The van der Waals surface area contributed by atoms with Crippen molar-refractivity contribution in [2.75, 3.05) is 21.1 Å². The second kappa shape index (κ2) is 14.6. The lowest BCUT2D eigenvalue weighted by molar-refractivity contribution is -0.817. The van der Waals surface area contributed by atoms with Gasteiger partial charge in [-0.05, 0) is 18.9 Å². The first-order chi connectivity index (χ1) is 10.1. The molecule has 0 saturated carbocycles. The van der Waals surface area contributed by atoms with Crippen LogP contribution in [0.1, 0.15) is 96.8 Å². The standard InChI is InChI=1S/C20H42N/c1-5-6-7-8-9-10-11-12-13-14-15-16-17-18-19-20-21(2,3)4/h19-20H,5-18H2,1-4H3/q+1. The minimum atomic E-state index is 0.943. The zero-order valence-electron chi connectivity index (χ0n) is 15.5. The van der Waals surface area contributed by atoms with E-state index in [1.54, 1.807) is 0 Å². The Balaban J connectivity index is 3.08. The normalized spacial score (nSPS) is 12.4. The summed E-state index contributed by atoms with van der Waals surface area (Å²) in [6, 6.07) is 0. The Labute approximate surface area is 135 Å². The topological polar surface area (TPSA) is 0 Å². The fraction of sp³-hybridized carbons (Fsp3) is 0.900. The third-order valence-electron chi connectivity index (χ3n) is 4.03. The Morgan fingerprint density at radius 1 is 0.571 bits per heavy atom. The summed E-state index contributed by atoms with van der Waals surface area (Å²) in [6.45, 7) is 2.29. The molecule has 0 atom stereocenters. The molecule has 21 heavy (non-hydrogen) atoms. The van der Waals surface area contributed by atoms with E-state index in [4.69, 9.17) is 0 Å². The van der Waals surface area contributed by atoms with E-state index in [1.165, 1.54) is 89.9 Å². The van der Waals surface area contributed by atoms with Crippen molar-refractivity contribution in [2.24, 2.45) is 0 Å². The minimum Gasteiger partial charge on any atom is -0.305 e. The number of quaternary nitrogens is 1. The lowest BCUT2D eigenvalue weighted by Gasteiger charge is -2.17. The summed E-state index contributed by atoms with van der Waals surface area (Å²) in [4.78, 5) is 0. The minimum absolute atomic E-state index is 0.943. The molecule has 0 amide bonds. The Bertz CT molecular complexity index is 224. The summed E-state index contributed by atoms with van der Waals surface area (Å²) in [5, 5.41) is 0. The van der Waals surface area contributed by atoms with Gasteiger partial charge in [0, 0.05) is 0 Å². The average molecular weight is 297 g/mol. The van der Waals surface area contributed by atoms with E-state index >= 15 is 0 Å². The summed E-state index contributed by atoms with van der Waals surface area (Å²) in [6.07, 6.45) is 24.6. The van der Waals surface area contributed by atoms with E-state index in [0.717, 1.165) is 4.48 Å². The molecule has 0 heterocycles. The van der Waals surface area contributed by atoms with E-state index in [9.17, 15) is 0 Å². The number of hydrogen-bond acceptors (Lipinski definition) is 0. The van der Waals surface area contributed by atoms with Crippen LogP contribution in [0.25, 0.3) is 0 Å². The molecule has 1 heteroatoms. The van der Waals surface area contributed by atoms with E-state index in [1.807, 2.05) is 0 Å². The number of unbranched alkanes of at least 4 members (excludes halogenated alkanes) is 13. The van der Waals surface area contributed by atoms with Gasteiger partial charge in [0.1, 0.15) is 0 Å². The smallest absolute Gasteiger partial charge is 0.0911 e. The highest BCUT2D eigenvalue weighted by Gasteiger charge is 1.98. The van der Waals surface area contributed by atoms with Crippen LogP contribution >= 0.6 is 0 Å². The van der Waals surface area contributed by atoms with Crippen LogP contribution in [0.5, 0.6) is 0 Å². The summed E-state index contributed by atoms with van der Waals surface area (Å²) < 4.78 is 0.943. The predicted molar refractivity (Wildman–Crippen MR) is 97.5 cm³/mol. The van der Waals surface area contributed by atoms with E-state index in [-0.39, 0.29) is 0 Å². The molecule has 0 rings (SSSR count). The highest BCUT2D eigenvalue weighted by molar-refractivity contribution is 4.72. The second-order valence-electron chi connectivity index (χ2n) is 7.53. The average Bonchev–Trinajstić information content (AvgIpc) is 2.42. The van der Waals surface area contributed by atoms with Crippen molar-refractivity contribution in [3.05, 3.63) is 12.3 Å². The molecule has 0 N–H and O–H groups in total. The van der Waals surface area contributed by atoms with Gasteiger partial charge >= 0.3 is 0 Å². The molecule has 1 nitrogen and oxygen atoms in total. The predicted octanol–water partition coefficient (Wildman–Crippen LogP) is 6.69. The molecule has 0 aromatic rings. The van der Waals surface area contributed by atoms with Crippen molar-refractivity contribution < 1.29 is 4.48 Å². The van der Waals surface area contributed by atoms with Gasteiger partial charge in [-0.15, -0.1) is 0 Å². The fourth-order valence-electron chi connectivity index (χ4n) is 2.67. The third kappa shape index (κ3) is 19.7. The van der Waals surface area contributed by atoms with Crippen LogP contribution in [0, 0.1) is 0 Å². The maximum absolute atomic E-state index is 2.35. The molecule has 0 fully saturated rings. The van der Waals surface area contributed by atoms with Gasteiger partial charge in [-0.1, -0.05) is 84.0 Å². The third-order valence-corrected chi connectivity index (χ3v) is 4.03. The van der Waals surface area contributed by atoms with Crippen molar-refractivity contribution in [3.63, 3.8) is 0 Å². The maximum atomic E-state index is 2.35. The van der Waals surface area contributed by atoms with Crippen molar-refractivity contribution >= 4 is 0 Å². The first-order valence-corrected chi connectivity index (χ1v) is 9.55. The van der Waals surface area contributed by atoms with Crippen LogP contribution < -0.4 is 0 Å². The summed E-state index contributed by atoms with van der Waals surface area (Å²) >= 11 is 0. The van der Waals surface area contributed by atoms with Gasteiger partial charge < -0.3 is 4.48 Å². The van der Waals surface area contributed by atoms with E-state index in [2.05, 4.69) is 40.3 Å². The molecule has 0 saturated heterocycles. The molecular formula is C20H42N+. The fourth-order valence-corrected chi connectivity index (χ4v) is 2.67. The van der Waals surface area contributed by atoms with Crippen LogP contribution in [0.2, 0.25) is 0 Å². The zero-order valence-corrected chi connectivity index (χ0v) is 15.5. The zero-order chi connectivity index (χ0) is 15.8. The van der Waals surface area contributed by atoms with E-state index < -0.39 is 0 Å². The first-order valence-electron chi connectivity index (χ1n) is 9.55. The van der Waals surface area contributed by atoms with E-state index in [0.29, 0.717) is 0 Å². The molecule has 0 unspecified atom stereocenters. The number of rotatable bonds is 15. The van der Waals surface area contributed by atoms with Crippen LogP contribution in [-0.2, 0) is 0 Å². The molecular weight excluding hydrogens is 254 g/mol. The molecule has 0 aliphatic rings. The monoisotopic (exact) mass is 296 g/mol. The van der Waals surface area contributed by atoms with Crippen molar-refractivity contribution in [3.8, 4) is 0 Å². The largest absolute Gasteiger partial charge is 0.305 e. The van der Waals surface area contributed by atoms with Crippen LogP contribution in [0.15, 0.2) is 12.3 Å². The Kier molecular flexibility index (Phi) is 14.4. The summed E-state index contributed by atoms with van der Waals surface area (Å²) in [5.74, 6) is 0. The van der Waals surface area contributed by atoms with Gasteiger partial charge in [0.2, 0.25) is 0 Å². The summed E-state index contributed by atoms with van der Waals surface area (Å²) in [5.41, 5.74) is 0. The molecule has 126 valence electrons. The SMILES string of the molecule is CCCCCCCCCCCCCCCC=C[N+](C)(C)C. The molecule has 0 bridgehead atoms. The second-order valence-corrected chi connectivity index (χ2v) is 7.53. The highest BCUT2D eigenvalue weighted by Crippen LogP contribution is 2.13. The molecule has 0 aromatic carbocycles. The highest BCUT2D eigenvalue weighted by atomic mass is 15.3. The Morgan fingerprint density at radius 2 is 0.952 bits per heavy atom. The molecule has 0 radical (unpaired) electrons. The van der Waals surface area contributed by atoms with Crippen LogP contribution in [0.3, 0.4) is 0 Å². The molecule has 0 aliphatic heterocycles. The van der Waals surface area contributed by atoms with Gasteiger partial charge in [0.25, 0.3) is 0 Å². The van der Waals surface area contributed by atoms with Crippen LogP contribution in [0.4, 0.5) is 0 Å². The molecule has 0 aliphatic carbocycles. The molecule has 0 aromatic heterocycles. The number of hydrogen-bond donors (Lipinski definition) is 0. The van der Waals surface area contributed by atoms with Gasteiger partial charge in [0.05, 0.1) is 27.3 Å². The van der Waals surface area contributed by atoms with Crippen LogP contribution in [-0.4, -0.2) is 25.6 Å². The van der Waals surface area contributed by atoms with Crippen molar-refractivity contribution in [1.29, 1.82) is 0 Å². The lowest BCUT2D eigenvalue weighted by Crippen LogP contribution is -2.26. The van der Waals surface area contributed by atoms with Gasteiger partial charge in [0.15, 0.2) is 0 Å². The summed E-state index contributed by atoms with van der Waals surface area (Å²) in [7, 11) is 6.63.